The number of hydrogen-bond acceptors (Lipinski definition) is 2. The number of benzene rings is 1. The van der Waals surface area contributed by atoms with Crippen LogP contribution in [0.4, 0.5) is 0 Å². The number of furan rings is 1. The van der Waals surface area contributed by atoms with Crippen molar-refractivity contribution < 1.29 is 4.42 Å². The molecule has 2 nitrogen and oxygen atoms in total. The van der Waals surface area contributed by atoms with E-state index in [-0.39, 0.29) is 12.0 Å². The van der Waals surface area contributed by atoms with E-state index in [0.717, 1.165) is 21.8 Å². The first-order valence-corrected chi connectivity index (χ1v) is 5.40. The fourth-order valence-electron chi connectivity index (χ4n) is 1.52. The second-order valence-corrected chi connectivity index (χ2v) is 4.42. The quantitative estimate of drug-likeness (QED) is 0.846. The average molecular weight is 224 g/mol. The SMILES string of the molecule is CC(N)C(C)c1cc2cc(Cl)ccc2o1. The molecule has 3 heteroatoms. The van der Waals surface area contributed by atoms with Crippen LogP contribution in [0.3, 0.4) is 0 Å². The molecule has 0 radical (unpaired) electrons. The van der Waals surface area contributed by atoms with E-state index in [4.69, 9.17) is 21.8 Å². The Morgan fingerprint density at radius 2 is 2.00 bits per heavy atom. The van der Waals surface area contributed by atoms with E-state index in [1.165, 1.54) is 0 Å². The van der Waals surface area contributed by atoms with Crippen molar-refractivity contribution in [2.75, 3.05) is 0 Å². The van der Waals surface area contributed by atoms with Gasteiger partial charge in [0.2, 0.25) is 0 Å². The molecule has 80 valence electrons. The molecule has 0 aliphatic carbocycles. The Bertz CT molecular complexity index is 475. The van der Waals surface area contributed by atoms with Crippen molar-refractivity contribution in [2.24, 2.45) is 5.73 Å². The molecule has 0 saturated heterocycles. The minimum atomic E-state index is 0.0843. The van der Waals surface area contributed by atoms with Gasteiger partial charge in [-0.15, -0.1) is 0 Å². The average Bonchev–Trinajstić information content (AvgIpc) is 2.58. The van der Waals surface area contributed by atoms with Crippen molar-refractivity contribution in [2.45, 2.75) is 25.8 Å². The van der Waals surface area contributed by atoms with Crippen LogP contribution in [0.2, 0.25) is 5.02 Å². The Balaban J connectivity index is 2.47. The highest BCUT2D eigenvalue weighted by Crippen LogP contribution is 2.28. The van der Waals surface area contributed by atoms with E-state index < -0.39 is 0 Å². The van der Waals surface area contributed by atoms with Crippen LogP contribution < -0.4 is 5.73 Å². The molecular formula is C12H14ClNO. The molecule has 1 aromatic heterocycles. The van der Waals surface area contributed by atoms with E-state index in [9.17, 15) is 0 Å². The summed E-state index contributed by atoms with van der Waals surface area (Å²) < 4.78 is 5.71. The van der Waals surface area contributed by atoms with E-state index in [0.29, 0.717) is 0 Å². The Morgan fingerprint density at radius 3 is 2.67 bits per heavy atom. The molecule has 2 atom stereocenters. The largest absolute Gasteiger partial charge is 0.461 e. The summed E-state index contributed by atoms with van der Waals surface area (Å²) in [6.07, 6.45) is 0. The predicted octanol–water partition coefficient (Wildman–Crippen LogP) is 3.54. The molecule has 2 rings (SSSR count). The minimum absolute atomic E-state index is 0.0843. The summed E-state index contributed by atoms with van der Waals surface area (Å²) in [6, 6.07) is 7.71. The molecular weight excluding hydrogens is 210 g/mol. The Hall–Kier alpha value is -0.990. The summed E-state index contributed by atoms with van der Waals surface area (Å²) in [5.74, 6) is 1.14. The van der Waals surface area contributed by atoms with Gasteiger partial charge in [0, 0.05) is 22.4 Å². The Labute approximate surface area is 94.0 Å². The summed E-state index contributed by atoms with van der Waals surface area (Å²) in [6.45, 7) is 4.04. The van der Waals surface area contributed by atoms with Gasteiger partial charge >= 0.3 is 0 Å². The number of fused-ring (bicyclic) bond motifs is 1. The van der Waals surface area contributed by atoms with Gasteiger partial charge in [0.1, 0.15) is 11.3 Å². The summed E-state index contributed by atoms with van der Waals surface area (Å²) >= 11 is 5.90. The predicted molar refractivity (Wildman–Crippen MR) is 63.3 cm³/mol. The molecule has 2 aromatic rings. The van der Waals surface area contributed by atoms with Gasteiger partial charge in [-0.1, -0.05) is 18.5 Å². The summed E-state index contributed by atoms with van der Waals surface area (Å²) in [5.41, 5.74) is 6.70. The van der Waals surface area contributed by atoms with Gasteiger partial charge in [-0.3, -0.25) is 0 Å². The second-order valence-electron chi connectivity index (χ2n) is 3.98. The van der Waals surface area contributed by atoms with Crippen molar-refractivity contribution in [3.05, 3.63) is 35.0 Å². The first-order chi connectivity index (χ1) is 7.08. The third-order valence-electron chi connectivity index (χ3n) is 2.73. The maximum Gasteiger partial charge on any atom is 0.134 e. The highest BCUT2D eigenvalue weighted by atomic mass is 35.5. The molecule has 2 N–H and O–H groups in total. The number of nitrogens with two attached hydrogens (primary N) is 1. The van der Waals surface area contributed by atoms with Crippen molar-refractivity contribution >= 4 is 22.6 Å². The lowest BCUT2D eigenvalue weighted by Crippen LogP contribution is -2.21. The van der Waals surface area contributed by atoms with Crippen molar-refractivity contribution in [3.8, 4) is 0 Å². The normalized spacial score (nSPS) is 15.5. The maximum atomic E-state index is 5.90. The van der Waals surface area contributed by atoms with Crippen molar-refractivity contribution in [1.82, 2.24) is 0 Å². The minimum Gasteiger partial charge on any atom is -0.461 e. The first-order valence-electron chi connectivity index (χ1n) is 5.02. The zero-order chi connectivity index (χ0) is 11.0. The lowest BCUT2D eigenvalue weighted by Gasteiger charge is -2.11. The van der Waals surface area contributed by atoms with Gasteiger partial charge in [-0.05, 0) is 31.2 Å². The monoisotopic (exact) mass is 223 g/mol. The molecule has 1 heterocycles. The summed E-state index contributed by atoms with van der Waals surface area (Å²) in [7, 11) is 0. The zero-order valence-corrected chi connectivity index (χ0v) is 9.58. The smallest absolute Gasteiger partial charge is 0.134 e. The van der Waals surface area contributed by atoms with Gasteiger partial charge in [0.25, 0.3) is 0 Å². The maximum absolute atomic E-state index is 5.90. The third-order valence-corrected chi connectivity index (χ3v) is 2.97. The van der Waals surface area contributed by atoms with Gasteiger partial charge in [-0.25, -0.2) is 0 Å². The van der Waals surface area contributed by atoms with Crippen LogP contribution >= 0.6 is 11.6 Å². The molecule has 0 bridgehead atoms. The molecule has 0 spiro atoms. The second kappa shape index (κ2) is 3.87. The number of hydrogen-bond donors (Lipinski definition) is 1. The molecule has 0 aliphatic rings. The van der Waals surface area contributed by atoms with Crippen LogP contribution in [0, 0.1) is 0 Å². The molecule has 0 saturated carbocycles. The van der Waals surface area contributed by atoms with Gasteiger partial charge in [0.05, 0.1) is 0 Å². The Morgan fingerprint density at radius 1 is 1.27 bits per heavy atom. The van der Waals surface area contributed by atoms with E-state index in [1.54, 1.807) is 0 Å². The van der Waals surface area contributed by atoms with E-state index in [2.05, 4.69) is 6.92 Å². The molecule has 0 amide bonds. The highest BCUT2D eigenvalue weighted by Gasteiger charge is 2.15. The molecule has 0 aliphatic heterocycles. The van der Waals surface area contributed by atoms with Crippen LogP contribution in [0.25, 0.3) is 11.0 Å². The van der Waals surface area contributed by atoms with Crippen molar-refractivity contribution in [3.63, 3.8) is 0 Å². The van der Waals surface area contributed by atoms with Crippen LogP contribution in [0.15, 0.2) is 28.7 Å². The topological polar surface area (TPSA) is 39.2 Å². The summed E-state index contributed by atoms with van der Waals surface area (Å²) in [5, 5.41) is 1.76. The Kier molecular flexibility index (Phi) is 2.72. The van der Waals surface area contributed by atoms with Crippen LogP contribution in [0.1, 0.15) is 25.5 Å². The third kappa shape index (κ3) is 2.01. The fourth-order valence-corrected chi connectivity index (χ4v) is 1.70. The molecule has 1 aromatic carbocycles. The standard InChI is InChI=1S/C12H14ClNO/c1-7(8(2)14)12-6-9-5-10(13)3-4-11(9)15-12/h3-8H,14H2,1-2H3. The van der Waals surface area contributed by atoms with Gasteiger partial charge in [-0.2, -0.15) is 0 Å². The van der Waals surface area contributed by atoms with Crippen LogP contribution in [-0.4, -0.2) is 6.04 Å². The molecule has 2 unspecified atom stereocenters. The van der Waals surface area contributed by atoms with Crippen LogP contribution in [0.5, 0.6) is 0 Å². The lowest BCUT2D eigenvalue weighted by molar-refractivity contribution is 0.469. The fraction of sp³-hybridized carbons (Fsp3) is 0.333. The first kappa shape index (κ1) is 10.5. The summed E-state index contributed by atoms with van der Waals surface area (Å²) in [4.78, 5) is 0. The van der Waals surface area contributed by atoms with Crippen molar-refractivity contribution in [1.29, 1.82) is 0 Å². The number of halogens is 1. The zero-order valence-electron chi connectivity index (χ0n) is 8.83. The molecule has 15 heavy (non-hydrogen) atoms. The van der Waals surface area contributed by atoms with Gasteiger partial charge < -0.3 is 10.2 Å². The van der Waals surface area contributed by atoms with Gasteiger partial charge in [0.15, 0.2) is 0 Å². The van der Waals surface area contributed by atoms with E-state index in [1.807, 2.05) is 31.2 Å². The highest BCUT2D eigenvalue weighted by molar-refractivity contribution is 6.31. The molecule has 0 fully saturated rings. The number of rotatable bonds is 2. The van der Waals surface area contributed by atoms with E-state index >= 15 is 0 Å². The van der Waals surface area contributed by atoms with Crippen LogP contribution in [-0.2, 0) is 0 Å². The lowest BCUT2D eigenvalue weighted by atomic mass is 10.0.